The standard InChI is InChI=1S/C27H31N3O2/c1-22-8-10-23(11-9-22)20-29-14-16-30(17-15-29)28-19-25-12-13-26(27(18-25)31-2)32-21-24-6-4-3-5-7-24/h3-13,18-19H,14-17,20-21H2,1-2H3/p+1/b28-19-. The maximum Gasteiger partial charge on any atom is 0.161 e. The molecule has 0 unspecified atom stereocenters. The molecule has 1 aliphatic rings. The summed E-state index contributed by atoms with van der Waals surface area (Å²) in [5, 5.41) is 6.86. The average Bonchev–Trinajstić information content (AvgIpc) is 2.84. The minimum Gasteiger partial charge on any atom is -0.493 e. The molecule has 0 bridgehead atoms. The Balaban J connectivity index is 1.29. The van der Waals surface area contributed by atoms with Crippen molar-refractivity contribution in [1.82, 2.24) is 5.01 Å². The van der Waals surface area contributed by atoms with Crippen molar-refractivity contribution in [1.29, 1.82) is 0 Å². The summed E-state index contributed by atoms with van der Waals surface area (Å²) >= 11 is 0. The van der Waals surface area contributed by atoms with E-state index < -0.39 is 0 Å². The van der Waals surface area contributed by atoms with Crippen molar-refractivity contribution in [2.75, 3.05) is 33.3 Å². The van der Waals surface area contributed by atoms with Gasteiger partial charge in [0.15, 0.2) is 11.5 Å². The third-order valence-corrected chi connectivity index (χ3v) is 5.82. The Morgan fingerprint density at radius 2 is 1.66 bits per heavy atom. The number of hydrazone groups is 1. The van der Waals surface area contributed by atoms with Gasteiger partial charge in [0.05, 0.1) is 39.5 Å². The Labute approximate surface area is 190 Å². The van der Waals surface area contributed by atoms with E-state index in [0.29, 0.717) is 6.61 Å². The van der Waals surface area contributed by atoms with Crippen molar-refractivity contribution < 1.29 is 14.4 Å². The maximum atomic E-state index is 5.95. The van der Waals surface area contributed by atoms with E-state index in [0.717, 1.165) is 55.3 Å². The van der Waals surface area contributed by atoms with Gasteiger partial charge in [-0.1, -0.05) is 60.2 Å². The van der Waals surface area contributed by atoms with Crippen LogP contribution in [-0.2, 0) is 13.2 Å². The fraction of sp³-hybridized carbons (Fsp3) is 0.296. The predicted molar refractivity (Wildman–Crippen MR) is 129 cm³/mol. The van der Waals surface area contributed by atoms with E-state index in [1.807, 2.05) is 42.6 Å². The average molecular weight is 431 g/mol. The summed E-state index contributed by atoms with van der Waals surface area (Å²) in [4.78, 5) is 1.61. The lowest BCUT2D eigenvalue weighted by Crippen LogP contribution is -3.13. The predicted octanol–water partition coefficient (Wildman–Crippen LogP) is 3.32. The molecule has 1 saturated heterocycles. The molecule has 5 nitrogen and oxygen atoms in total. The minimum atomic E-state index is 0.514. The Morgan fingerprint density at radius 3 is 2.38 bits per heavy atom. The topological polar surface area (TPSA) is 38.5 Å². The van der Waals surface area contributed by atoms with Crippen LogP contribution in [0.1, 0.15) is 22.3 Å². The number of nitrogens with zero attached hydrogens (tertiary/aromatic N) is 2. The van der Waals surface area contributed by atoms with Gasteiger partial charge in [-0.2, -0.15) is 5.10 Å². The first-order valence-corrected chi connectivity index (χ1v) is 11.2. The molecule has 3 aromatic carbocycles. The zero-order valence-corrected chi connectivity index (χ0v) is 19.0. The van der Waals surface area contributed by atoms with Crippen LogP contribution >= 0.6 is 0 Å². The number of quaternary nitrogens is 1. The molecule has 1 aliphatic heterocycles. The molecule has 1 heterocycles. The van der Waals surface area contributed by atoms with Crippen molar-refractivity contribution in [2.24, 2.45) is 5.10 Å². The lowest BCUT2D eigenvalue weighted by Gasteiger charge is -2.30. The van der Waals surface area contributed by atoms with Gasteiger partial charge in [-0.05, 0) is 36.2 Å². The molecule has 5 heteroatoms. The second-order valence-electron chi connectivity index (χ2n) is 8.30. The highest BCUT2D eigenvalue weighted by Gasteiger charge is 2.18. The summed E-state index contributed by atoms with van der Waals surface area (Å²) < 4.78 is 11.5. The number of ether oxygens (including phenoxy) is 2. The number of methoxy groups -OCH3 is 1. The number of benzene rings is 3. The van der Waals surface area contributed by atoms with Gasteiger partial charge < -0.3 is 14.4 Å². The minimum absolute atomic E-state index is 0.514. The first kappa shape index (κ1) is 21.9. The molecule has 0 aromatic heterocycles. The second kappa shape index (κ2) is 10.8. The Bertz CT molecular complexity index is 1010. The number of aryl methyl sites for hydroxylation is 1. The lowest BCUT2D eigenvalue weighted by molar-refractivity contribution is -0.918. The zero-order valence-electron chi connectivity index (χ0n) is 19.0. The maximum absolute atomic E-state index is 5.95. The highest BCUT2D eigenvalue weighted by Crippen LogP contribution is 2.28. The van der Waals surface area contributed by atoms with Gasteiger partial charge >= 0.3 is 0 Å². The van der Waals surface area contributed by atoms with Gasteiger partial charge in [0, 0.05) is 5.56 Å². The highest BCUT2D eigenvalue weighted by molar-refractivity contribution is 5.80. The quantitative estimate of drug-likeness (QED) is 0.557. The molecular formula is C27H32N3O2+. The fourth-order valence-corrected chi connectivity index (χ4v) is 3.87. The summed E-state index contributed by atoms with van der Waals surface area (Å²) in [6, 6.07) is 25.0. The van der Waals surface area contributed by atoms with Crippen molar-refractivity contribution in [2.45, 2.75) is 20.1 Å². The van der Waals surface area contributed by atoms with Crippen molar-refractivity contribution >= 4 is 6.21 Å². The highest BCUT2D eigenvalue weighted by atomic mass is 16.5. The molecule has 166 valence electrons. The van der Waals surface area contributed by atoms with Crippen LogP contribution in [0.5, 0.6) is 11.5 Å². The molecule has 32 heavy (non-hydrogen) atoms. The number of nitrogens with one attached hydrogen (secondary N) is 1. The van der Waals surface area contributed by atoms with Crippen LogP contribution in [0.2, 0.25) is 0 Å². The van der Waals surface area contributed by atoms with Crippen LogP contribution in [0.4, 0.5) is 0 Å². The van der Waals surface area contributed by atoms with E-state index in [2.05, 4.69) is 48.3 Å². The Kier molecular flexibility index (Phi) is 7.41. The van der Waals surface area contributed by atoms with E-state index in [1.165, 1.54) is 11.1 Å². The first-order valence-electron chi connectivity index (χ1n) is 11.2. The molecule has 0 aliphatic carbocycles. The summed E-state index contributed by atoms with van der Waals surface area (Å²) in [5.41, 5.74) is 4.85. The molecule has 0 atom stereocenters. The molecule has 0 amide bonds. The van der Waals surface area contributed by atoms with E-state index in [-0.39, 0.29) is 0 Å². The van der Waals surface area contributed by atoms with Crippen molar-refractivity contribution in [3.63, 3.8) is 0 Å². The van der Waals surface area contributed by atoms with Gasteiger partial charge in [-0.15, -0.1) is 0 Å². The van der Waals surface area contributed by atoms with Crippen LogP contribution in [0.3, 0.4) is 0 Å². The van der Waals surface area contributed by atoms with Crippen molar-refractivity contribution in [3.05, 3.63) is 95.1 Å². The molecule has 0 saturated carbocycles. The summed E-state index contributed by atoms with van der Waals surface area (Å²) in [7, 11) is 1.67. The third-order valence-electron chi connectivity index (χ3n) is 5.82. The molecule has 1 fully saturated rings. The second-order valence-corrected chi connectivity index (χ2v) is 8.30. The van der Waals surface area contributed by atoms with Gasteiger partial charge in [-0.25, -0.2) is 0 Å². The number of hydrogen-bond donors (Lipinski definition) is 1. The third kappa shape index (κ3) is 6.11. The fourth-order valence-electron chi connectivity index (χ4n) is 3.87. The molecule has 1 N–H and O–H groups in total. The molecule has 3 aromatic rings. The Morgan fingerprint density at radius 1 is 0.906 bits per heavy atom. The number of hydrogen-bond acceptors (Lipinski definition) is 4. The lowest BCUT2D eigenvalue weighted by atomic mass is 10.1. The van der Waals surface area contributed by atoms with Crippen LogP contribution in [0.15, 0.2) is 77.9 Å². The molecule has 0 radical (unpaired) electrons. The largest absolute Gasteiger partial charge is 0.493 e. The van der Waals surface area contributed by atoms with E-state index in [9.17, 15) is 0 Å². The Hall–Kier alpha value is -3.31. The number of rotatable bonds is 8. The van der Waals surface area contributed by atoms with Crippen LogP contribution in [0.25, 0.3) is 0 Å². The van der Waals surface area contributed by atoms with E-state index >= 15 is 0 Å². The van der Waals surface area contributed by atoms with Crippen LogP contribution in [0, 0.1) is 6.92 Å². The van der Waals surface area contributed by atoms with Crippen LogP contribution < -0.4 is 14.4 Å². The smallest absolute Gasteiger partial charge is 0.161 e. The first-order chi connectivity index (χ1) is 15.7. The molecule has 4 rings (SSSR count). The van der Waals surface area contributed by atoms with Gasteiger partial charge in [0.1, 0.15) is 13.2 Å². The monoisotopic (exact) mass is 430 g/mol. The normalized spacial score (nSPS) is 14.6. The summed E-state index contributed by atoms with van der Waals surface area (Å²) in [6.45, 7) is 7.86. The zero-order chi connectivity index (χ0) is 22.2. The summed E-state index contributed by atoms with van der Waals surface area (Å²) in [6.07, 6.45) is 1.91. The molecular weight excluding hydrogens is 398 g/mol. The van der Waals surface area contributed by atoms with E-state index in [4.69, 9.17) is 14.6 Å². The van der Waals surface area contributed by atoms with Crippen molar-refractivity contribution in [3.8, 4) is 11.5 Å². The van der Waals surface area contributed by atoms with E-state index in [1.54, 1.807) is 12.0 Å². The molecule has 0 spiro atoms. The SMILES string of the molecule is COc1cc(/C=N\N2CC[NH+](Cc3ccc(C)cc3)CC2)ccc1OCc1ccccc1. The number of piperazine rings is 1. The summed E-state index contributed by atoms with van der Waals surface area (Å²) in [5.74, 6) is 1.46. The van der Waals surface area contributed by atoms with Gasteiger partial charge in [0.25, 0.3) is 0 Å². The van der Waals surface area contributed by atoms with Gasteiger partial charge in [0.2, 0.25) is 0 Å². The van der Waals surface area contributed by atoms with Gasteiger partial charge in [-0.3, -0.25) is 5.01 Å². The van der Waals surface area contributed by atoms with Crippen LogP contribution in [-0.4, -0.2) is 44.5 Å².